The van der Waals surface area contributed by atoms with Gasteiger partial charge in [0.15, 0.2) is 0 Å². The van der Waals surface area contributed by atoms with Gasteiger partial charge in [-0.3, -0.25) is 4.79 Å². The standard InChI is InChI=1S/C14H14Cl2N2O3/c1-20-10-3-5-11(6-4-10)21-8-2-7-18-14(19)13(16)12(15)9-17-18/h3-6,9H,2,7-8H2,1H3. The molecule has 0 amide bonds. The third-order valence-corrected chi connectivity index (χ3v) is 3.53. The molecule has 21 heavy (non-hydrogen) atoms. The van der Waals surface area contributed by atoms with Crippen LogP contribution in [0, 0.1) is 0 Å². The van der Waals surface area contributed by atoms with Crippen molar-refractivity contribution < 1.29 is 9.47 Å². The van der Waals surface area contributed by atoms with Crippen LogP contribution in [0.2, 0.25) is 10.0 Å². The number of ether oxygens (including phenoxy) is 2. The minimum atomic E-state index is -0.395. The van der Waals surface area contributed by atoms with E-state index >= 15 is 0 Å². The van der Waals surface area contributed by atoms with Gasteiger partial charge < -0.3 is 9.47 Å². The Morgan fingerprint density at radius 1 is 1.19 bits per heavy atom. The Labute approximate surface area is 132 Å². The van der Waals surface area contributed by atoms with Gasteiger partial charge in [0.2, 0.25) is 0 Å². The van der Waals surface area contributed by atoms with Crippen molar-refractivity contribution in [1.82, 2.24) is 9.78 Å². The van der Waals surface area contributed by atoms with Gasteiger partial charge >= 0.3 is 0 Å². The molecule has 0 aliphatic rings. The lowest BCUT2D eigenvalue weighted by molar-refractivity contribution is 0.296. The number of halogens is 2. The van der Waals surface area contributed by atoms with Crippen molar-refractivity contribution in [1.29, 1.82) is 0 Å². The van der Waals surface area contributed by atoms with Crippen LogP contribution in [0.3, 0.4) is 0 Å². The summed E-state index contributed by atoms with van der Waals surface area (Å²) in [5, 5.41) is 4.07. The first-order valence-electron chi connectivity index (χ1n) is 6.30. The molecule has 0 saturated heterocycles. The highest BCUT2D eigenvalue weighted by molar-refractivity contribution is 6.41. The molecule has 0 aliphatic carbocycles. The predicted octanol–water partition coefficient (Wildman–Crippen LogP) is 3.03. The van der Waals surface area contributed by atoms with Crippen LogP contribution in [0.4, 0.5) is 0 Å². The van der Waals surface area contributed by atoms with Crippen molar-refractivity contribution in [3.05, 3.63) is 50.9 Å². The molecule has 0 fully saturated rings. The predicted molar refractivity (Wildman–Crippen MR) is 81.6 cm³/mol. The normalized spacial score (nSPS) is 10.4. The van der Waals surface area contributed by atoms with Crippen LogP contribution in [-0.2, 0) is 6.54 Å². The summed E-state index contributed by atoms with van der Waals surface area (Å²) in [5.41, 5.74) is -0.395. The summed E-state index contributed by atoms with van der Waals surface area (Å²) in [6.45, 7) is 0.868. The third-order valence-electron chi connectivity index (χ3n) is 2.78. The number of methoxy groups -OCH3 is 1. The molecule has 0 saturated carbocycles. The Morgan fingerprint density at radius 3 is 2.52 bits per heavy atom. The second kappa shape index (κ2) is 7.33. The van der Waals surface area contributed by atoms with Gasteiger partial charge in [0.25, 0.3) is 5.56 Å². The molecule has 1 heterocycles. The van der Waals surface area contributed by atoms with Crippen LogP contribution in [0.15, 0.2) is 35.3 Å². The zero-order valence-electron chi connectivity index (χ0n) is 11.4. The molecule has 1 aromatic heterocycles. The second-order valence-electron chi connectivity index (χ2n) is 4.21. The molecular formula is C14H14Cl2N2O3. The van der Waals surface area contributed by atoms with Gasteiger partial charge in [-0.2, -0.15) is 5.10 Å². The fraction of sp³-hybridized carbons (Fsp3) is 0.286. The van der Waals surface area contributed by atoms with E-state index in [2.05, 4.69) is 5.10 Å². The Kier molecular flexibility index (Phi) is 5.47. The molecule has 2 rings (SSSR count). The maximum atomic E-state index is 11.8. The van der Waals surface area contributed by atoms with E-state index in [1.165, 1.54) is 10.9 Å². The monoisotopic (exact) mass is 328 g/mol. The summed E-state index contributed by atoms with van der Waals surface area (Å²) in [6, 6.07) is 7.28. The average molecular weight is 329 g/mol. The molecule has 1 aromatic carbocycles. The van der Waals surface area contributed by atoms with Gasteiger partial charge in [-0.15, -0.1) is 0 Å². The molecule has 2 aromatic rings. The van der Waals surface area contributed by atoms with Gasteiger partial charge in [0.05, 0.1) is 24.9 Å². The minimum absolute atomic E-state index is 0.0114. The van der Waals surface area contributed by atoms with Gasteiger partial charge in [-0.25, -0.2) is 4.68 Å². The van der Waals surface area contributed by atoms with Gasteiger partial charge in [0, 0.05) is 13.0 Å². The lowest BCUT2D eigenvalue weighted by atomic mass is 10.3. The van der Waals surface area contributed by atoms with Crippen molar-refractivity contribution in [2.75, 3.05) is 13.7 Å². The summed E-state index contributed by atoms with van der Waals surface area (Å²) < 4.78 is 11.9. The molecule has 5 nitrogen and oxygen atoms in total. The Bertz CT molecular complexity index is 656. The quantitative estimate of drug-likeness (QED) is 0.765. The van der Waals surface area contributed by atoms with E-state index in [4.69, 9.17) is 32.7 Å². The number of rotatable bonds is 6. The largest absolute Gasteiger partial charge is 0.497 e. The highest BCUT2D eigenvalue weighted by atomic mass is 35.5. The van der Waals surface area contributed by atoms with E-state index < -0.39 is 5.56 Å². The Morgan fingerprint density at radius 2 is 1.86 bits per heavy atom. The molecule has 7 heteroatoms. The number of hydrogen-bond acceptors (Lipinski definition) is 4. The highest BCUT2D eigenvalue weighted by Gasteiger charge is 2.06. The summed E-state index contributed by atoms with van der Waals surface area (Å²) >= 11 is 11.5. The number of aryl methyl sites for hydroxylation is 1. The van der Waals surface area contributed by atoms with E-state index in [0.29, 0.717) is 19.6 Å². The first kappa shape index (κ1) is 15.7. The van der Waals surface area contributed by atoms with Crippen LogP contribution in [0.1, 0.15) is 6.42 Å². The lowest BCUT2D eigenvalue weighted by Gasteiger charge is -2.08. The van der Waals surface area contributed by atoms with Crippen LogP contribution in [0.25, 0.3) is 0 Å². The third kappa shape index (κ3) is 4.12. The van der Waals surface area contributed by atoms with E-state index in [1.54, 1.807) is 7.11 Å². The van der Waals surface area contributed by atoms with Crippen LogP contribution >= 0.6 is 23.2 Å². The number of aromatic nitrogens is 2. The zero-order chi connectivity index (χ0) is 15.2. The van der Waals surface area contributed by atoms with Crippen molar-refractivity contribution in [2.24, 2.45) is 0 Å². The van der Waals surface area contributed by atoms with Crippen LogP contribution in [-0.4, -0.2) is 23.5 Å². The zero-order valence-corrected chi connectivity index (χ0v) is 12.9. The van der Waals surface area contributed by atoms with E-state index in [1.807, 2.05) is 24.3 Å². The van der Waals surface area contributed by atoms with Gasteiger partial charge in [-0.1, -0.05) is 23.2 Å². The van der Waals surface area contributed by atoms with E-state index in [9.17, 15) is 4.79 Å². The molecule has 0 aliphatic heterocycles. The first-order chi connectivity index (χ1) is 10.1. The van der Waals surface area contributed by atoms with E-state index in [0.717, 1.165) is 11.5 Å². The number of benzene rings is 1. The maximum Gasteiger partial charge on any atom is 0.287 e. The summed E-state index contributed by atoms with van der Waals surface area (Å²) in [4.78, 5) is 11.8. The van der Waals surface area contributed by atoms with Gasteiger partial charge in [0.1, 0.15) is 16.5 Å². The molecule has 0 radical (unpaired) electrons. The molecule has 0 spiro atoms. The molecule has 0 unspecified atom stereocenters. The fourth-order valence-electron chi connectivity index (χ4n) is 1.68. The van der Waals surface area contributed by atoms with Crippen molar-refractivity contribution in [2.45, 2.75) is 13.0 Å². The van der Waals surface area contributed by atoms with Gasteiger partial charge in [-0.05, 0) is 24.3 Å². The van der Waals surface area contributed by atoms with Crippen LogP contribution in [0.5, 0.6) is 11.5 Å². The van der Waals surface area contributed by atoms with Crippen molar-refractivity contribution in [3.8, 4) is 11.5 Å². The van der Waals surface area contributed by atoms with Crippen molar-refractivity contribution in [3.63, 3.8) is 0 Å². The molecular weight excluding hydrogens is 315 g/mol. The molecule has 0 N–H and O–H groups in total. The fourth-order valence-corrected chi connectivity index (χ4v) is 1.95. The topological polar surface area (TPSA) is 53.4 Å². The lowest BCUT2D eigenvalue weighted by Crippen LogP contribution is -2.24. The highest BCUT2D eigenvalue weighted by Crippen LogP contribution is 2.17. The molecule has 0 bridgehead atoms. The molecule has 0 atom stereocenters. The minimum Gasteiger partial charge on any atom is -0.497 e. The first-order valence-corrected chi connectivity index (χ1v) is 7.05. The van der Waals surface area contributed by atoms with E-state index in [-0.39, 0.29) is 10.0 Å². The summed E-state index contributed by atoms with van der Waals surface area (Å²) in [5.74, 6) is 1.51. The maximum absolute atomic E-state index is 11.8. The second-order valence-corrected chi connectivity index (χ2v) is 5.00. The summed E-state index contributed by atoms with van der Waals surface area (Å²) in [6.07, 6.45) is 1.98. The average Bonchev–Trinajstić information content (AvgIpc) is 2.51. The number of hydrogen-bond donors (Lipinski definition) is 0. The Balaban J connectivity index is 1.84. The van der Waals surface area contributed by atoms with Crippen LogP contribution < -0.4 is 15.0 Å². The Hall–Kier alpha value is -1.72. The molecule has 112 valence electrons. The smallest absolute Gasteiger partial charge is 0.287 e. The number of nitrogens with zero attached hydrogens (tertiary/aromatic N) is 2. The SMILES string of the molecule is COc1ccc(OCCCn2ncc(Cl)c(Cl)c2=O)cc1. The van der Waals surface area contributed by atoms with Crippen molar-refractivity contribution >= 4 is 23.2 Å². The summed E-state index contributed by atoms with van der Waals surface area (Å²) in [7, 11) is 1.61.